The van der Waals surface area contributed by atoms with Crippen LogP contribution in [-0.2, 0) is 4.79 Å². The maximum absolute atomic E-state index is 11.7. The molecule has 1 amide bonds. The summed E-state index contributed by atoms with van der Waals surface area (Å²) in [6, 6.07) is 6.95. The Balaban J connectivity index is 2.28. The third kappa shape index (κ3) is 2.77. The van der Waals surface area contributed by atoms with Crippen LogP contribution in [0.1, 0.15) is 11.6 Å². The van der Waals surface area contributed by atoms with Gasteiger partial charge in [0.15, 0.2) is 0 Å². The van der Waals surface area contributed by atoms with Crippen LogP contribution in [0.3, 0.4) is 0 Å². The summed E-state index contributed by atoms with van der Waals surface area (Å²) in [6.07, 6.45) is 0. The van der Waals surface area contributed by atoms with Crippen molar-refractivity contribution in [3.8, 4) is 0 Å². The zero-order valence-electron chi connectivity index (χ0n) is 9.53. The van der Waals surface area contributed by atoms with Crippen LogP contribution in [0.5, 0.6) is 0 Å². The molecule has 1 aromatic carbocycles. The van der Waals surface area contributed by atoms with Gasteiger partial charge in [-0.1, -0.05) is 29.8 Å². The topological polar surface area (TPSA) is 58.4 Å². The molecule has 1 heterocycles. The van der Waals surface area contributed by atoms with Crippen LogP contribution in [0, 0.1) is 0 Å². The monoisotopic (exact) mass is 253 g/mol. The average molecular weight is 254 g/mol. The van der Waals surface area contributed by atoms with Crippen molar-refractivity contribution in [2.75, 3.05) is 26.2 Å². The number of benzene rings is 1. The van der Waals surface area contributed by atoms with Crippen molar-refractivity contribution >= 4 is 17.5 Å². The Morgan fingerprint density at radius 2 is 2.00 bits per heavy atom. The number of halogens is 1. The van der Waals surface area contributed by atoms with Gasteiger partial charge in [0.2, 0.25) is 5.91 Å². The minimum atomic E-state index is -0.425. The van der Waals surface area contributed by atoms with E-state index in [9.17, 15) is 4.79 Å². The van der Waals surface area contributed by atoms with Gasteiger partial charge in [-0.05, 0) is 11.6 Å². The van der Waals surface area contributed by atoms with Crippen molar-refractivity contribution < 1.29 is 4.79 Å². The van der Waals surface area contributed by atoms with E-state index in [-0.39, 0.29) is 5.91 Å². The van der Waals surface area contributed by atoms with E-state index in [2.05, 4.69) is 10.2 Å². The summed E-state index contributed by atoms with van der Waals surface area (Å²) in [7, 11) is 0. The second-order valence-corrected chi connectivity index (χ2v) is 4.52. The lowest BCUT2D eigenvalue weighted by Gasteiger charge is -2.33. The molecule has 5 heteroatoms. The van der Waals surface area contributed by atoms with Gasteiger partial charge in [0.25, 0.3) is 0 Å². The fraction of sp³-hybridized carbons (Fsp3) is 0.417. The lowest BCUT2D eigenvalue weighted by atomic mass is 10.0. The average Bonchev–Trinajstić information content (AvgIpc) is 2.33. The lowest BCUT2D eigenvalue weighted by Crippen LogP contribution is -2.48. The van der Waals surface area contributed by atoms with Crippen molar-refractivity contribution in [2.24, 2.45) is 5.73 Å². The Labute approximate surface area is 106 Å². The Hall–Kier alpha value is -1.10. The van der Waals surface area contributed by atoms with Crippen LogP contribution in [-0.4, -0.2) is 37.0 Å². The molecule has 17 heavy (non-hydrogen) atoms. The molecule has 0 saturated carbocycles. The smallest absolute Gasteiger partial charge is 0.239 e. The molecule has 92 valence electrons. The molecule has 1 aliphatic rings. The first-order chi connectivity index (χ1) is 8.20. The standard InChI is InChI=1S/C12H16ClN3O/c13-10-4-2-1-3-9(10)11(12(14)17)16-7-5-15-6-8-16/h1-4,11,15H,5-8H2,(H2,14,17)/t11-/m1/s1. The van der Waals surface area contributed by atoms with E-state index in [0.717, 1.165) is 31.7 Å². The molecule has 0 unspecified atom stereocenters. The molecule has 3 N–H and O–H groups in total. The number of hydrogen-bond donors (Lipinski definition) is 2. The van der Waals surface area contributed by atoms with E-state index in [0.29, 0.717) is 5.02 Å². The first-order valence-electron chi connectivity index (χ1n) is 5.68. The van der Waals surface area contributed by atoms with E-state index in [1.807, 2.05) is 18.2 Å². The largest absolute Gasteiger partial charge is 0.368 e. The SMILES string of the molecule is NC(=O)[C@@H](c1ccccc1Cl)N1CCNCC1. The highest BCUT2D eigenvalue weighted by molar-refractivity contribution is 6.31. The van der Waals surface area contributed by atoms with Crippen LogP contribution in [0.25, 0.3) is 0 Å². The molecule has 4 nitrogen and oxygen atoms in total. The van der Waals surface area contributed by atoms with Gasteiger partial charge in [-0.15, -0.1) is 0 Å². The minimum absolute atomic E-state index is 0.347. The third-order valence-electron chi connectivity index (χ3n) is 2.99. The molecule has 0 aliphatic carbocycles. The van der Waals surface area contributed by atoms with Crippen LogP contribution >= 0.6 is 11.6 Å². The molecule has 1 aliphatic heterocycles. The van der Waals surface area contributed by atoms with Crippen molar-refractivity contribution in [3.05, 3.63) is 34.9 Å². The van der Waals surface area contributed by atoms with Gasteiger partial charge in [0.05, 0.1) is 0 Å². The van der Waals surface area contributed by atoms with Crippen LogP contribution in [0.15, 0.2) is 24.3 Å². The predicted molar refractivity (Wildman–Crippen MR) is 67.8 cm³/mol. The normalized spacial score (nSPS) is 18.9. The molecule has 0 radical (unpaired) electrons. The molecule has 1 atom stereocenters. The number of nitrogens with one attached hydrogen (secondary N) is 1. The Bertz CT molecular complexity index is 404. The highest BCUT2D eigenvalue weighted by Crippen LogP contribution is 2.27. The number of hydrogen-bond acceptors (Lipinski definition) is 3. The van der Waals surface area contributed by atoms with Gasteiger partial charge < -0.3 is 11.1 Å². The number of rotatable bonds is 3. The summed E-state index contributed by atoms with van der Waals surface area (Å²) in [5.41, 5.74) is 6.30. The summed E-state index contributed by atoms with van der Waals surface area (Å²) in [4.78, 5) is 13.7. The summed E-state index contributed by atoms with van der Waals surface area (Å²) in [5, 5.41) is 3.84. The lowest BCUT2D eigenvalue weighted by molar-refractivity contribution is -0.123. The van der Waals surface area contributed by atoms with Crippen molar-refractivity contribution in [2.45, 2.75) is 6.04 Å². The van der Waals surface area contributed by atoms with Gasteiger partial charge in [0, 0.05) is 31.2 Å². The fourth-order valence-electron chi connectivity index (χ4n) is 2.17. The predicted octanol–water partition coefficient (Wildman–Crippen LogP) is 0.772. The molecular weight excluding hydrogens is 238 g/mol. The van der Waals surface area contributed by atoms with Crippen LogP contribution < -0.4 is 11.1 Å². The quantitative estimate of drug-likeness (QED) is 0.837. The second-order valence-electron chi connectivity index (χ2n) is 4.11. The highest BCUT2D eigenvalue weighted by Gasteiger charge is 2.28. The summed E-state index contributed by atoms with van der Waals surface area (Å²) in [6.45, 7) is 3.35. The van der Waals surface area contributed by atoms with E-state index < -0.39 is 6.04 Å². The van der Waals surface area contributed by atoms with Gasteiger partial charge in [-0.2, -0.15) is 0 Å². The number of amides is 1. The maximum Gasteiger partial charge on any atom is 0.239 e. The fourth-order valence-corrected chi connectivity index (χ4v) is 2.41. The molecule has 0 spiro atoms. The Morgan fingerprint density at radius 1 is 1.35 bits per heavy atom. The Morgan fingerprint density at radius 3 is 2.59 bits per heavy atom. The van der Waals surface area contributed by atoms with Crippen molar-refractivity contribution in [1.29, 1.82) is 0 Å². The number of carbonyl (C=O) groups excluding carboxylic acids is 1. The highest BCUT2D eigenvalue weighted by atomic mass is 35.5. The van der Waals surface area contributed by atoms with Gasteiger partial charge >= 0.3 is 0 Å². The molecule has 2 rings (SSSR count). The number of carbonyl (C=O) groups is 1. The number of piperazine rings is 1. The summed E-state index contributed by atoms with van der Waals surface area (Å²) >= 11 is 6.13. The maximum atomic E-state index is 11.7. The second kappa shape index (κ2) is 5.49. The number of nitrogens with zero attached hydrogens (tertiary/aromatic N) is 1. The molecule has 1 saturated heterocycles. The van der Waals surface area contributed by atoms with Crippen molar-refractivity contribution in [1.82, 2.24) is 10.2 Å². The first-order valence-corrected chi connectivity index (χ1v) is 6.06. The molecular formula is C12H16ClN3O. The summed E-state index contributed by atoms with van der Waals surface area (Å²) in [5.74, 6) is -0.347. The zero-order chi connectivity index (χ0) is 12.3. The van der Waals surface area contributed by atoms with Crippen LogP contribution in [0.2, 0.25) is 5.02 Å². The van der Waals surface area contributed by atoms with E-state index in [1.165, 1.54) is 0 Å². The van der Waals surface area contributed by atoms with Crippen LogP contribution in [0.4, 0.5) is 0 Å². The molecule has 1 fully saturated rings. The van der Waals surface area contributed by atoms with Gasteiger partial charge in [-0.3, -0.25) is 9.69 Å². The Kier molecular flexibility index (Phi) is 3.99. The van der Waals surface area contributed by atoms with Crippen molar-refractivity contribution in [3.63, 3.8) is 0 Å². The number of primary amides is 1. The molecule has 1 aromatic rings. The minimum Gasteiger partial charge on any atom is -0.368 e. The van der Waals surface area contributed by atoms with E-state index in [1.54, 1.807) is 6.07 Å². The third-order valence-corrected chi connectivity index (χ3v) is 3.33. The zero-order valence-corrected chi connectivity index (χ0v) is 10.3. The van der Waals surface area contributed by atoms with Gasteiger partial charge in [0.1, 0.15) is 6.04 Å². The molecule has 0 bridgehead atoms. The molecule has 0 aromatic heterocycles. The summed E-state index contributed by atoms with van der Waals surface area (Å²) < 4.78 is 0. The number of nitrogens with two attached hydrogens (primary N) is 1. The van der Waals surface area contributed by atoms with Gasteiger partial charge in [-0.25, -0.2) is 0 Å². The first kappa shape index (κ1) is 12.4. The van der Waals surface area contributed by atoms with E-state index >= 15 is 0 Å². The van der Waals surface area contributed by atoms with E-state index in [4.69, 9.17) is 17.3 Å².